The number of imide groups is 1. The van der Waals surface area contributed by atoms with E-state index in [0.717, 1.165) is 30.3 Å². The molecule has 0 bridgehead atoms. The second-order valence-corrected chi connectivity index (χ2v) is 6.39. The lowest BCUT2D eigenvalue weighted by molar-refractivity contribution is -0.195. The summed E-state index contributed by atoms with van der Waals surface area (Å²) in [5, 5.41) is 10.4. The van der Waals surface area contributed by atoms with Crippen molar-refractivity contribution < 1.29 is 40.7 Å². The lowest BCUT2D eigenvalue weighted by Crippen LogP contribution is -2.55. The Balaban J connectivity index is 2.17. The fourth-order valence-electron chi connectivity index (χ4n) is 3.16. The molecule has 1 atom stereocenters. The van der Waals surface area contributed by atoms with Crippen LogP contribution in [0.4, 0.5) is 36.8 Å². The fraction of sp³-hybridized carbons (Fsp3) is 0.211. The van der Waals surface area contributed by atoms with Gasteiger partial charge < -0.3 is 10.1 Å². The van der Waals surface area contributed by atoms with Crippen molar-refractivity contribution in [3.05, 3.63) is 59.2 Å². The van der Waals surface area contributed by atoms with Gasteiger partial charge in [-0.1, -0.05) is 12.1 Å². The monoisotopic (exact) mass is 443 g/mol. The van der Waals surface area contributed by atoms with Crippen LogP contribution in [0.5, 0.6) is 5.75 Å². The first-order valence-corrected chi connectivity index (χ1v) is 8.36. The molecule has 1 aliphatic rings. The summed E-state index contributed by atoms with van der Waals surface area (Å²) >= 11 is 0. The van der Waals surface area contributed by atoms with Gasteiger partial charge in [0.05, 0.1) is 30.0 Å². The molecule has 0 radical (unpaired) electrons. The minimum atomic E-state index is -5.33. The number of hydrogen-bond acceptors (Lipinski definition) is 4. The lowest BCUT2D eigenvalue weighted by atomic mass is 9.88. The van der Waals surface area contributed by atoms with E-state index in [1.165, 1.54) is 13.2 Å². The Morgan fingerprint density at radius 1 is 1.03 bits per heavy atom. The van der Waals surface area contributed by atoms with Crippen molar-refractivity contribution in [1.29, 1.82) is 5.26 Å². The van der Waals surface area contributed by atoms with Gasteiger partial charge in [-0.15, -0.1) is 0 Å². The number of carbonyl (C=O) groups is 2. The standard InChI is InChI=1S/C19H11F6N3O3/c1-31-13-6-3-11(4-7-13)17(19(23,24)25)15(29)28(16(30)27-17)12-5-2-10(9-26)14(8-12)18(20,21)22/h2-8H,1H3,(H,27,30). The molecule has 0 spiro atoms. The molecule has 1 saturated heterocycles. The average Bonchev–Trinajstić information content (AvgIpc) is 2.98. The number of urea groups is 1. The van der Waals surface area contributed by atoms with Crippen molar-refractivity contribution in [1.82, 2.24) is 5.32 Å². The van der Waals surface area contributed by atoms with Crippen LogP contribution in [0.1, 0.15) is 16.7 Å². The number of halogens is 6. The number of ether oxygens (including phenoxy) is 1. The summed E-state index contributed by atoms with van der Waals surface area (Å²) in [4.78, 5) is 25.2. The summed E-state index contributed by atoms with van der Waals surface area (Å²) in [6.45, 7) is 0. The van der Waals surface area contributed by atoms with Crippen molar-refractivity contribution in [3.63, 3.8) is 0 Å². The molecule has 0 aliphatic carbocycles. The summed E-state index contributed by atoms with van der Waals surface area (Å²) < 4.78 is 86.7. The smallest absolute Gasteiger partial charge is 0.425 e. The molecule has 1 unspecified atom stereocenters. The van der Waals surface area contributed by atoms with Crippen LogP contribution in [0.3, 0.4) is 0 Å². The van der Waals surface area contributed by atoms with Crippen molar-refractivity contribution in [3.8, 4) is 11.8 Å². The van der Waals surface area contributed by atoms with E-state index < -0.39 is 52.2 Å². The first-order valence-electron chi connectivity index (χ1n) is 8.36. The number of alkyl halides is 6. The van der Waals surface area contributed by atoms with Gasteiger partial charge in [0.25, 0.3) is 5.91 Å². The molecule has 0 saturated carbocycles. The molecule has 3 amide bonds. The van der Waals surface area contributed by atoms with E-state index in [-0.39, 0.29) is 16.7 Å². The first-order chi connectivity index (χ1) is 14.4. The highest BCUT2D eigenvalue weighted by Crippen LogP contribution is 2.45. The van der Waals surface area contributed by atoms with Crippen LogP contribution in [0.15, 0.2) is 42.5 Å². The molecule has 1 heterocycles. The van der Waals surface area contributed by atoms with E-state index in [2.05, 4.69) is 0 Å². The number of rotatable bonds is 3. The maximum atomic E-state index is 14.1. The first kappa shape index (κ1) is 21.9. The minimum Gasteiger partial charge on any atom is -0.497 e. The van der Waals surface area contributed by atoms with Gasteiger partial charge in [-0.2, -0.15) is 31.6 Å². The highest BCUT2D eigenvalue weighted by molar-refractivity contribution is 6.23. The number of nitrogens with zero attached hydrogens (tertiary/aromatic N) is 2. The minimum absolute atomic E-state index is 0.0336. The van der Waals surface area contributed by atoms with Gasteiger partial charge in [0.2, 0.25) is 5.54 Å². The number of hydrogen-bond donors (Lipinski definition) is 1. The largest absolute Gasteiger partial charge is 0.497 e. The third-order valence-corrected chi connectivity index (χ3v) is 4.66. The molecule has 2 aromatic rings. The molecule has 12 heteroatoms. The maximum Gasteiger partial charge on any atom is 0.425 e. The van der Waals surface area contributed by atoms with Crippen molar-refractivity contribution in [2.24, 2.45) is 0 Å². The van der Waals surface area contributed by atoms with Crippen molar-refractivity contribution in [2.45, 2.75) is 17.9 Å². The Kier molecular flexibility index (Phi) is 5.09. The zero-order chi connectivity index (χ0) is 23.2. The summed E-state index contributed by atoms with van der Waals surface area (Å²) in [6.07, 6.45) is -10.4. The topological polar surface area (TPSA) is 82.4 Å². The van der Waals surface area contributed by atoms with E-state index in [0.29, 0.717) is 6.07 Å². The van der Waals surface area contributed by atoms with Crippen molar-refractivity contribution >= 4 is 17.6 Å². The Hall–Kier alpha value is -3.75. The Labute approximate surface area is 170 Å². The average molecular weight is 443 g/mol. The Morgan fingerprint density at radius 3 is 2.13 bits per heavy atom. The van der Waals surface area contributed by atoms with Crippen LogP contribution in [0.2, 0.25) is 0 Å². The summed E-state index contributed by atoms with van der Waals surface area (Å²) in [7, 11) is 1.27. The lowest BCUT2D eigenvalue weighted by Gasteiger charge is -2.29. The molecule has 6 nitrogen and oxygen atoms in total. The van der Waals surface area contributed by atoms with E-state index in [4.69, 9.17) is 10.00 Å². The quantitative estimate of drug-likeness (QED) is 0.572. The predicted molar refractivity (Wildman–Crippen MR) is 92.9 cm³/mol. The van der Waals surface area contributed by atoms with Crippen LogP contribution in [-0.4, -0.2) is 25.2 Å². The number of carbonyl (C=O) groups excluding carboxylic acids is 2. The van der Waals surface area contributed by atoms with Gasteiger partial charge in [-0.05, 0) is 35.9 Å². The molecular formula is C19H11F6N3O3. The number of methoxy groups -OCH3 is 1. The van der Waals surface area contributed by atoms with Crippen LogP contribution < -0.4 is 15.0 Å². The number of nitriles is 1. The Bertz CT molecular complexity index is 1090. The van der Waals surface area contributed by atoms with E-state index >= 15 is 0 Å². The maximum absolute atomic E-state index is 14.1. The third kappa shape index (κ3) is 3.41. The summed E-state index contributed by atoms with van der Waals surface area (Å²) in [5.74, 6) is -1.66. The molecule has 1 fully saturated rings. The van der Waals surface area contributed by atoms with Gasteiger partial charge in [-0.3, -0.25) is 4.79 Å². The van der Waals surface area contributed by atoms with Gasteiger partial charge in [0.15, 0.2) is 0 Å². The molecule has 31 heavy (non-hydrogen) atoms. The van der Waals surface area contributed by atoms with Crippen LogP contribution in [0, 0.1) is 11.3 Å². The number of benzene rings is 2. The molecule has 2 aromatic carbocycles. The SMILES string of the molecule is COc1ccc(C2(C(F)(F)F)NC(=O)N(c3ccc(C#N)c(C(F)(F)F)c3)C2=O)cc1. The van der Waals surface area contributed by atoms with E-state index in [1.807, 2.05) is 0 Å². The van der Waals surface area contributed by atoms with Crippen LogP contribution in [0.25, 0.3) is 0 Å². The summed E-state index contributed by atoms with van der Waals surface area (Å²) in [5.41, 5.74) is -7.27. The second kappa shape index (κ2) is 7.19. The van der Waals surface area contributed by atoms with Gasteiger partial charge in [0.1, 0.15) is 5.75 Å². The van der Waals surface area contributed by atoms with Gasteiger partial charge >= 0.3 is 18.4 Å². The van der Waals surface area contributed by atoms with Crippen LogP contribution >= 0.6 is 0 Å². The zero-order valence-electron chi connectivity index (χ0n) is 15.4. The van der Waals surface area contributed by atoms with E-state index in [1.54, 1.807) is 5.32 Å². The molecular weight excluding hydrogens is 432 g/mol. The number of amides is 3. The third-order valence-electron chi connectivity index (χ3n) is 4.66. The molecule has 1 N–H and O–H groups in total. The van der Waals surface area contributed by atoms with Crippen molar-refractivity contribution in [2.75, 3.05) is 12.0 Å². The van der Waals surface area contributed by atoms with E-state index in [9.17, 15) is 35.9 Å². The molecule has 0 aromatic heterocycles. The highest BCUT2D eigenvalue weighted by Gasteiger charge is 2.68. The second-order valence-electron chi connectivity index (χ2n) is 6.39. The van der Waals surface area contributed by atoms with Gasteiger partial charge in [-0.25, -0.2) is 9.69 Å². The zero-order valence-corrected chi connectivity index (χ0v) is 15.4. The Morgan fingerprint density at radius 2 is 1.65 bits per heavy atom. The molecule has 3 rings (SSSR count). The predicted octanol–water partition coefficient (Wildman–Crippen LogP) is 4.10. The normalized spacial score (nSPS) is 19.2. The number of nitrogens with one attached hydrogen (secondary N) is 1. The molecule has 162 valence electrons. The summed E-state index contributed by atoms with van der Waals surface area (Å²) in [6, 6.07) is 5.54. The fourth-order valence-corrected chi connectivity index (χ4v) is 3.16. The van der Waals surface area contributed by atoms with Crippen LogP contribution in [-0.2, 0) is 16.5 Å². The van der Waals surface area contributed by atoms with Gasteiger partial charge in [0, 0.05) is 0 Å². The number of anilines is 1. The molecule has 1 aliphatic heterocycles. The highest BCUT2D eigenvalue weighted by atomic mass is 19.4.